The van der Waals surface area contributed by atoms with E-state index in [1.165, 1.54) is 0 Å². The van der Waals surface area contributed by atoms with Crippen LogP contribution in [0.15, 0.2) is 43.0 Å². The molecule has 0 spiro atoms. The molecule has 88 valence electrons. The minimum Gasteiger partial charge on any atom is -0.491 e. The van der Waals surface area contributed by atoms with Crippen molar-refractivity contribution in [2.24, 2.45) is 0 Å². The number of ether oxygens (including phenoxy) is 2. The molecule has 0 atom stereocenters. The van der Waals surface area contributed by atoms with Crippen LogP contribution in [0.1, 0.15) is 0 Å². The van der Waals surface area contributed by atoms with Gasteiger partial charge in [0.1, 0.15) is 12.4 Å². The molecule has 0 saturated carbocycles. The number of hydrogen-bond acceptors (Lipinski definition) is 3. The fourth-order valence-electron chi connectivity index (χ4n) is 1.19. The van der Waals surface area contributed by atoms with Gasteiger partial charge in [0.2, 0.25) is 0 Å². The SMILES string of the molecule is C=CCNCCOCCOc1ccccc1. The molecule has 1 N–H and O–H groups in total. The third-order valence-corrected chi connectivity index (χ3v) is 1.95. The lowest BCUT2D eigenvalue weighted by atomic mass is 10.3. The summed E-state index contributed by atoms with van der Waals surface area (Å²) in [7, 11) is 0. The molecule has 0 heterocycles. The predicted octanol–water partition coefficient (Wildman–Crippen LogP) is 1.86. The topological polar surface area (TPSA) is 30.5 Å². The van der Waals surface area contributed by atoms with Crippen LogP contribution in [0, 0.1) is 0 Å². The third-order valence-electron chi connectivity index (χ3n) is 1.95. The number of hydrogen-bond donors (Lipinski definition) is 1. The van der Waals surface area contributed by atoms with E-state index in [1.807, 2.05) is 36.4 Å². The maximum atomic E-state index is 5.47. The van der Waals surface area contributed by atoms with Gasteiger partial charge in [0.15, 0.2) is 0 Å². The molecule has 0 amide bonds. The molecule has 0 radical (unpaired) electrons. The minimum atomic E-state index is 0.589. The number of nitrogens with one attached hydrogen (secondary N) is 1. The van der Waals surface area contributed by atoms with Crippen LogP contribution in [0.5, 0.6) is 5.75 Å². The fraction of sp³-hybridized carbons (Fsp3) is 0.385. The monoisotopic (exact) mass is 221 g/mol. The van der Waals surface area contributed by atoms with Gasteiger partial charge < -0.3 is 14.8 Å². The Hall–Kier alpha value is -1.32. The van der Waals surface area contributed by atoms with Crippen LogP contribution in [-0.4, -0.2) is 32.9 Å². The van der Waals surface area contributed by atoms with E-state index < -0.39 is 0 Å². The highest BCUT2D eigenvalue weighted by Gasteiger charge is 1.91. The maximum absolute atomic E-state index is 5.47. The Labute approximate surface area is 97.1 Å². The van der Waals surface area contributed by atoms with Gasteiger partial charge in [0.05, 0.1) is 13.2 Å². The normalized spacial score (nSPS) is 10.0. The first kappa shape index (κ1) is 12.7. The highest BCUT2D eigenvalue weighted by Crippen LogP contribution is 2.07. The van der Waals surface area contributed by atoms with Gasteiger partial charge in [-0.25, -0.2) is 0 Å². The average molecular weight is 221 g/mol. The van der Waals surface area contributed by atoms with Gasteiger partial charge in [-0.3, -0.25) is 0 Å². The standard InChI is InChI=1S/C13H19NO2/c1-2-8-14-9-10-15-11-12-16-13-6-4-3-5-7-13/h2-7,14H,1,8-12H2. The van der Waals surface area contributed by atoms with Crippen molar-refractivity contribution in [2.45, 2.75) is 0 Å². The first-order chi connectivity index (χ1) is 7.93. The lowest BCUT2D eigenvalue weighted by Gasteiger charge is -2.07. The summed E-state index contributed by atoms with van der Waals surface area (Å²) in [6, 6.07) is 9.75. The number of para-hydroxylation sites is 1. The van der Waals surface area contributed by atoms with Crippen LogP contribution < -0.4 is 10.1 Å². The van der Waals surface area contributed by atoms with Crippen molar-refractivity contribution in [2.75, 3.05) is 32.9 Å². The summed E-state index contributed by atoms with van der Waals surface area (Å²) in [5, 5.41) is 3.16. The van der Waals surface area contributed by atoms with Gasteiger partial charge in [0, 0.05) is 13.1 Å². The molecule has 1 aromatic rings. The predicted molar refractivity (Wildman–Crippen MR) is 65.8 cm³/mol. The van der Waals surface area contributed by atoms with Crippen molar-refractivity contribution < 1.29 is 9.47 Å². The fourth-order valence-corrected chi connectivity index (χ4v) is 1.19. The van der Waals surface area contributed by atoms with Crippen molar-refractivity contribution in [3.8, 4) is 5.75 Å². The van der Waals surface area contributed by atoms with Crippen molar-refractivity contribution in [3.05, 3.63) is 43.0 Å². The van der Waals surface area contributed by atoms with E-state index in [1.54, 1.807) is 0 Å². The molecule has 0 unspecified atom stereocenters. The highest BCUT2D eigenvalue weighted by molar-refractivity contribution is 5.20. The molecule has 0 aliphatic carbocycles. The van der Waals surface area contributed by atoms with Gasteiger partial charge >= 0.3 is 0 Å². The molecule has 0 fully saturated rings. The quantitative estimate of drug-likeness (QED) is 0.510. The number of rotatable bonds is 9. The van der Waals surface area contributed by atoms with Crippen LogP contribution in [0.25, 0.3) is 0 Å². The summed E-state index contributed by atoms with van der Waals surface area (Å²) in [5.74, 6) is 0.885. The summed E-state index contributed by atoms with van der Waals surface area (Å²) in [5.41, 5.74) is 0. The first-order valence-electron chi connectivity index (χ1n) is 5.50. The van der Waals surface area contributed by atoms with E-state index in [9.17, 15) is 0 Å². The summed E-state index contributed by atoms with van der Waals surface area (Å²) in [6.07, 6.45) is 1.83. The molecule has 1 rings (SSSR count). The molecule has 0 aliphatic heterocycles. The Morgan fingerprint density at radius 1 is 1.12 bits per heavy atom. The maximum Gasteiger partial charge on any atom is 0.119 e. The van der Waals surface area contributed by atoms with Crippen LogP contribution >= 0.6 is 0 Å². The van der Waals surface area contributed by atoms with E-state index in [4.69, 9.17) is 9.47 Å². The molecule has 0 aliphatic rings. The Morgan fingerprint density at radius 3 is 2.69 bits per heavy atom. The minimum absolute atomic E-state index is 0.589. The first-order valence-corrected chi connectivity index (χ1v) is 5.50. The number of benzene rings is 1. The van der Waals surface area contributed by atoms with Crippen molar-refractivity contribution in [3.63, 3.8) is 0 Å². The molecular formula is C13H19NO2. The van der Waals surface area contributed by atoms with Gasteiger partial charge in [0.25, 0.3) is 0 Å². The van der Waals surface area contributed by atoms with Crippen molar-refractivity contribution in [1.29, 1.82) is 0 Å². The second-order valence-electron chi connectivity index (χ2n) is 3.27. The zero-order valence-electron chi connectivity index (χ0n) is 9.52. The molecular weight excluding hydrogens is 202 g/mol. The van der Waals surface area contributed by atoms with Gasteiger partial charge in [-0.2, -0.15) is 0 Å². The second kappa shape index (κ2) is 8.95. The highest BCUT2D eigenvalue weighted by atomic mass is 16.5. The molecule has 16 heavy (non-hydrogen) atoms. The molecule has 1 aromatic carbocycles. The summed E-state index contributed by atoms with van der Waals surface area (Å²) in [6.45, 7) is 7.19. The van der Waals surface area contributed by atoms with Crippen LogP contribution in [0.3, 0.4) is 0 Å². The smallest absolute Gasteiger partial charge is 0.119 e. The van der Waals surface area contributed by atoms with Gasteiger partial charge in [-0.1, -0.05) is 24.3 Å². The van der Waals surface area contributed by atoms with E-state index in [0.717, 1.165) is 18.8 Å². The lowest BCUT2D eigenvalue weighted by molar-refractivity contribution is 0.102. The van der Waals surface area contributed by atoms with E-state index in [2.05, 4.69) is 11.9 Å². The zero-order valence-corrected chi connectivity index (χ0v) is 9.52. The summed E-state index contributed by atoms with van der Waals surface area (Å²) in [4.78, 5) is 0. The Kier molecular flexibility index (Phi) is 7.13. The molecule has 0 saturated heterocycles. The second-order valence-corrected chi connectivity index (χ2v) is 3.27. The summed E-state index contributed by atoms with van der Waals surface area (Å²) < 4.78 is 10.9. The van der Waals surface area contributed by atoms with Gasteiger partial charge in [-0.15, -0.1) is 6.58 Å². The molecule has 0 aromatic heterocycles. The average Bonchev–Trinajstić information content (AvgIpc) is 2.34. The van der Waals surface area contributed by atoms with E-state index in [0.29, 0.717) is 19.8 Å². The largest absolute Gasteiger partial charge is 0.491 e. The Bertz CT molecular complexity index is 275. The van der Waals surface area contributed by atoms with Crippen LogP contribution in [0.2, 0.25) is 0 Å². The van der Waals surface area contributed by atoms with Crippen molar-refractivity contribution >= 4 is 0 Å². The third kappa shape index (κ3) is 6.22. The zero-order chi connectivity index (χ0) is 11.5. The Balaban J connectivity index is 1.90. The van der Waals surface area contributed by atoms with Crippen LogP contribution in [0.4, 0.5) is 0 Å². The van der Waals surface area contributed by atoms with E-state index in [-0.39, 0.29) is 0 Å². The lowest BCUT2D eigenvalue weighted by Crippen LogP contribution is -2.20. The molecule has 0 bridgehead atoms. The van der Waals surface area contributed by atoms with E-state index >= 15 is 0 Å². The Morgan fingerprint density at radius 2 is 1.94 bits per heavy atom. The van der Waals surface area contributed by atoms with Gasteiger partial charge in [-0.05, 0) is 12.1 Å². The summed E-state index contributed by atoms with van der Waals surface area (Å²) >= 11 is 0. The van der Waals surface area contributed by atoms with Crippen LogP contribution in [-0.2, 0) is 4.74 Å². The molecule has 3 heteroatoms. The van der Waals surface area contributed by atoms with Crippen molar-refractivity contribution in [1.82, 2.24) is 5.32 Å². The molecule has 3 nitrogen and oxygen atoms in total.